The van der Waals surface area contributed by atoms with Gasteiger partial charge in [-0.1, -0.05) is 26.0 Å². The molecule has 0 aliphatic rings. The van der Waals surface area contributed by atoms with Gasteiger partial charge in [-0.3, -0.25) is 9.00 Å². The van der Waals surface area contributed by atoms with Gasteiger partial charge in [0.25, 0.3) is 5.91 Å². The van der Waals surface area contributed by atoms with Crippen molar-refractivity contribution in [3.05, 3.63) is 41.6 Å². The zero-order valence-corrected chi connectivity index (χ0v) is 13.9. The average Bonchev–Trinajstić information content (AvgIpc) is 2.49. The molecule has 0 aliphatic heterocycles. The van der Waals surface area contributed by atoms with Gasteiger partial charge in [0.15, 0.2) is 0 Å². The van der Waals surface area contributed by atoms with Crippen LogP contribution >= 0.6 is 0 Å². The zero-order chi connectivity index (χ0) is 16.7. The molecule has 0 spiro atoms. The van der Waals surface area contributed by atoms with Crippen molar-refractivity contribution in [2.45, 2.75) is 25.9 Å². The third-order valence-corrected chi connectivity index (χ3v) is 3.28. The van der Waals surface area contributed by atoms with Crippen molar-refractivity contribution in [3.8, 4) is 0 Å². The number of primary amides is 1. The Morgan fingerprint density at radius 1 is 1.32 bits per heavy atom. The van der Waals surface area contributed by atoms with Gasteiger partial charge >= 0.3 is 0 Å². The number of nitrogens with two attached hydrogens (primary N) is 1. The van der Waals surface area contributed by atoms with E-state index in [4.69, 9.17) is 5.73 Å². The minimum absolute atomic E-state index is 0.144. The van der Waals surface area contributed by atoms with E-state index in [0.29, 0.717) is 0 Å². The first-order valence-electron chi connectivity index (χ1n) is 6.81. The molecule has 0 bridgehead atoms. The van der Waals surface area contributed by atoms with Crippen molar-refractivity contribution in [1.29, 1.82) is 0 Å². The number of benzene rings is 1. The highest BCUT2D eigenvalue weighted by molar-refractivity contribution is 7.84. The SMILES string of the molecule is CC.Cc1cccc(Nc2nc(S(C)=O)ncc2C(N)=O)c1. The highest BCUT2D eigenvalue weighted by Gasteiger charge is 2.13. The Labute approximate surface area is 132 Å². The minimum Gasteiger partial charge on any atom is -0.365 e. The quantitative estimate of drug-likeness (QED) is 0.843. The summed E-state index contributed by atoms with van der Waals surface area (Å²) < 4.78 is 11.4. The molecule has 1 atom stereocenters. The second kappa shape index (κ2) is 8.23. The summed E-state index contributed by atoms with van der Waals surface area (Å²) in [6, 6.07) is 7.56. The number of carbonyl (C=O) groups excluding carboxylic acids is 1. The first-order valence-corrected chi connectivity index (χ1v) is 8.37. The van der Waals surface area contributed by atoms with Crippen molar-refractivity contribution < 1.29 is 9.00 Å². The summed E-state index contributed by atoms with van der Waals surface area (Å²) in [5, 5.41) is 3.15. The maximum absolute atomic E-state index is 11.4. The van der Waals surface area contributed by atoms with Crippen LogP contribution in [0.15, 0.2) is 35.6 Å². The smallest absolute Gasteiger partial charge is 0.254 e. The molecule has 22 heavy (non-hydrogen) atoms. The zero-order valence-electron chi connectivity index (χ0n) is 13.1. The molecule has 1 heterocycles. The number of rotatable bonds is 4. The highest BCUT2D eigenvalue weighted by atomic mass is 32.2. The lowest BCUT2D eigenvalue weighted by Gasteiger charge is -2.10. The van der Waals surface area contributed by atoms with E-state index >= 15 is 0 Å². The summed E-state index contributed by atoms with van der Waals surface area (Å²) in [6.07, 6.45) is 2.75. The van der Waals surface area contributed by atoms with E-state index in [-0.39, 0.29) is 16.5 Å². The van der Waals surface area contributed by atoms with Crippen molar-refractivity contribution in [3.63, 3.8) is 0 Å². The topological polar surface area (TPSA) is 98.0 Å². The first kappa shape index (κ1) is 17.8. The molecule has 1 unspecified atom stereocenters. The summed E-state index contributed by atoms with van der Waals surface area (Å²) in [5.74, 6) is -0.392. The Balaban J connectivity index is 0.00000116. The van der Waals surface area contributed by atoms with Crippen LogP contribution in [0.25, 0.3) is 0 Å². The third-order valence-electron chi connectivity index (χ3n) is 2.57. The van der Waals surface area contributed by atoms with Crippen LogP contribution in [0.2, 0.25) is 0 Å². The Hall–Kier alpha value is -2.28. The molecule has 7 heteroatoms. The van der Waals surface area contributed by atoms with Crippen molar-refractivity contribution in [2.24, 2.45) is 5.73 Å². The van der Waals surface area contributed by atoms with Crippen molar-refractivity contribution in [2.75, 3.05) is 11.6 Å². The van der Waals surface area contributed by atoms with Crippen LogP contribution in [0, 0.1) is 6.92 Å². The second-order valence-electron chi connectivity index (χ2n) is 4.23. The molecule has 3 N–H and O–H groups in total. The number of aryl methyl sites for hydroxylation is 1. The lowest BCUT2D eigenvalue weighted by molar-refractivity contribution is 0.100. The van der Waals surface area contributed by atoms with Gasteiger partial charge in [-0.25, -0.2) is 9.97 Å². The lowest BCUT2D eigenvalue weighted by Crippen LogP contribution is -2.16. The summed E-state index contributed by atoms with van der Waals surface area (Å²) >= 11 is 0. The highest BCUT2D eigenvalue weighted by Crippen LogP contribution is 2.19. The molecule has 1 aromatic carbocycles. The predicted molar refractivity (Wildman–Crippen MR) is 88.7 cm³/mol. The number of hydrogen-bond acceptors (Lipinski definition) is 5. The van der Waals surface area contributed by atoms with E-state index in [0.717, 1.165) is 11.3 Å². The maximum Gasteiger partial charge on any atom is 0.254 e. The molecule has 0 aliphatic carbocycles. The Morgan fingerprint density at radius 3 is 2.55 bits per heavy atom. The fourth-order valence-electron chi connectivity index (χ4n) is 1.64. The van der Waals surface area contributed by atoms with Crippen LogP contribution in [-0.4, -0.2) is 26.3 Å². The second-order valence-corrected chi connectivity index (χ2v) is 5.50. The number of nitrogens with zero attached hydrogens (tertiary/aromatic N) is 2. The molecule has 1 aromatic heterocycles. The molecule has 1 amide bonds. The van der Waals surface area contributed by atoms with E-state index in [1.807, 2.05) is 45.0 Å². The van der Waals surface area contributed by atoms with Crippen LogP contribution in [0.5, 0.6) is 0 Å². The van der Waals surface area contributed by atoms with Gasteiger partial charge in [0.05, 0.1) is 10.8 Å². The monoisotopic (exact) mass is 320 g/mol. The number of nitrogens with one attached hydrogen (secondary N) is 1. The van der Waals surface area contributed by atoms with Gasteiger partial charge in [-0.2, -0.15) is 0 Å². The summed E-state index contributed by atoms with van der Waals surface area (Å²) in [7, 11) is -1.34. The van der Waals surface area contributed by atoms with Crippen molar-refractivity contribution >= 4 is 28.2 Å². The van der Waals surface area contributed by atoms with Crippen LogP contribution in [0.3, 0.4) is 0 Å². The average molecular weight is 320 g/mol. The van der Waals surface area contributed by atoms with Crippen LogP contribution in [0.1, 0.15) is 29.8 Å². The van der Waals surface area contributed by atoms with Gasteiger partial charge < -0.3 is 11.1 Å². The number of carbonyl (C=O) groups is 1. The molecule has 2 rings (SSSR count). The summed E-state index contributed by atoms with van der Waals surface area (Å²) in [4.78, 5) is 19.3. The van der Waals surface area contributed by atoms with E-state index < -0.39 is 16.7 Å². The van der Waals surface area contributed by atoms with E-state index in [1.165, 1.54) is 12.5 Å². The fraction of sp³-hybridized carbons (Fsp3) is 0.267. The summed E-state index contributed by atoms with van der Waals surface area (Å²) in [6.45, 7) is 5.95. The summed E-state index contributed by atoms with van der Waals surface area (Å²) in [5.41, 5.74) is 7.27. The predicted octanol–water partition coefficient (Wildman–Crippen LogP) is 2.39. The Kier molecular flexibility index (Phi) is 6.65. The van der Waals surface area contributed by atoms with Crippen LogP contribution in [0.4, 0.5) is 11.5 Å². The van der Waals surface area contributed by atoms with Crippen LogP contribution < -0.4 is 11.1 Å². The van der Waals surface area contributed by atoms with Gasteiger partial charge in [0.2, 0.25) is 5.16 Å². The molecular weight excluding hydrogens is 300 g/mol. The molecule has 6 nitrogen and oxygen atoms in total. The molecule has 0 radical (unpaired) electrons. The molecule has 0 fully saturated rings. The molecule has 0 saturated carbocycles. The lowest BCUT2D eigenvalue weighted by atomic mass is 10.2. The van der Waals surface area contributed by atoms with Gasteiger partial charge in [-0.15, -0.1) is 0 Å². The van der Waals surface area contributed by atoms with Gasteiger partial charge in [0, 0.05) is 18.1 Å². The first-order chi connectivity index (χ1) is 10.5. The number of aromatic nitrogens is 2. The number of anilines is 2. The van der Waals surface area contributed by atoms with E-state index in [9.17, 15) is 9.00 Å². The van der Waals surface area contributed by atoms with Gasteiger partial charge in [0.1, 0.15) is 11.4 Å². The maximum atomic E-state index is 11.4. The van der Waals surface area contributed by atoms with Crippen LogP contribution in [-0.2, 0) is 10.8 Å². The molecule has 2 aromatic rings. The fourth-order valence-corrected chi connectivity index (χ4v) is 2.06. The molecule has 0 saturated heterocycles. The van der Waals surface area contributed by atoms with Crippen molar-refractivity contribution in [1.82, 2.24) is 9.97 Å². The standard InChI is InChI=1S/C13H14N4O2S.C2H6/c1-8-4-3-5-9(6-8)16-12-10(11(14)18)7-15-13(17-12)20(2)19;1-2/h3-7H,1-2H3,(H2,14,18)(H,15,16,17);1-2H3. The molecular formula is C15H20N4O2S. The minimum atomic E-state index is -1.34. The van der Waals surface area contributed by atoms with E-state index in [1.54, 1.807) is 0 Å². The van der Waals surface area contributed by atoms with Gasteiger partial charge in [-0.05, 0) is 24.6 Å². The Bertz CT molecular complexity index is 689. The number of hydrogen-bond donors (Lipinski definition) is 2. The number of amides is 1. The largest absolute Gasteiger partial charge is 0.365 e. The molecule has 118 valence electrons. The van der Waals surface area contributed by atoms with E-state index in [2.05, 4.69) is 15.3 Å². The Morgan fingerprint density at radius 2 is 2.00 bits per heavy atom. The normalized spacial score (nSPS) is 11.1. The third kappa shape index (κ3) is 4.63.